The molecule has 70 valence electrons. The molecule has 0 aromatic rings. The summed E-state index contributed by atoms with van der Waals surface area (Å²) in [5, 5.41) is 0. The lowest BCUT2D eigenvalue weighted by molar-refractivity contribution is -0.144. The monoisotopic (exact) mass is 172 g/mol. The van der Waals surface area contributed by atoms with E-state index in [2.05, 4.69) is 6.92 Å². The number of esters is 1. The van der Waals surface area contributed by atoms with E-state index < -0.39 is 0 Å². The summed E-state index contributed by atoms with van der Waals surface area (Å²) in [5.74, 6) is -0.0843. The van der Waals surface area contributed by atoms with Crippen molar-refractivity contribution in [2.75, 3.05) is 13.2 Å². The SMILES string of the molecule is CCCCCC(=O)OC[C@H]1CO1. The fourth-order valence-electron chi connectivity index (χ4n) is 0.942. The van der Waals surface area contributed by atoms with Gasteiger partial charge in [0.25, 0.3) is 0 Å². The summed E-state index contributed by atoms with van der Waals surface area (Å²) in [6, 6.07) is 0. The molecule has 3 heteroatoms. The lowest BCUT2D eigenvalue weighted by Crippen LogP contribution is -2.09. The number of hydrogen-bond acceptors (Lipinski definition) is 3. The molecule has 0 bridgehead atoms. The van der Waals surface area contributed by atoms with Crippen LogP contribution in [0.5, 0.6) is 0 Å². The molecule has 0 amide bonds. The maximum atomic E-state index is 11.0. The van der Waals surface area contributed by atoms with Gasteiger partial charge in [0, 0.05) is 6.42 Å². The second-order valence-electron chi connectivity index (χ2n) is 3.10. The maximum absolute atomic E-state index is 11.0. The zero-order chi connectivity index (χ0) is 8.81. The van der Waals surface area contributed by atoms with Gasteiger partial charge in [0.1, 0.15) is 12.7 Å². The Kier molecular flexibility index (Phi) is 4.08. The molecular weight excluding hydrogens is 156 g/mol. The molecule has 3 nitrogen and oxygen atoms in total. The van der Waals surface area contributed by atoms with Crippen molar-refractivity contribution in [3.8, 4) is 0 Å². The highest BCUT2D eigenvalue weighted by atomic mass is 16.6. The molecule has 1 atom stereocenters. The predicted octanol–water partition coefficient (Wildman–Crippen LogP) is 1.51. The highest BCUT2D eigenvalue weighted by Crippen LogP contribution is 2.09. The number of ether oxygens (including phenoxy) is 2. The fourth-order valence-corrected chi connectivity index (χ4v) is 0.942. The molecule has 1 aliphatic rings. The van der Waals surface area contributed by atoms with Crippen LogP contribution in [-0.4, -0.2) is 25.3 Å². The summed E-state index contributed by atoms with van der Waals surface area (Å²) in [5.41, 5.74) is 0. The number of carbonyl (C=O) groups is 1. The minimum atomic E-state index is -0.0843. The molecule has 0 N–H and O–H groups in total. The molecule has 0 spiro atoms. The summed E-state index contributed by atoms with van der Waals surface area (Å²) in [7, 11) is 0. The molecule has 0 saturated carbocycles. The highest BCUT2D eigenvalue weighted by Gasteiger charge is 2.23. The normalized spacial score (nSPS) is 20.6. The molecule has 12 heavy (non-hydrogen) atoms. The lowest BCUT2D eigenvalue weighted by atomic mass is 10.2. The molecule has 1 aliphatic heterocycles. The smallest absolute Gasteiger partial charge is 0.305 e. The zero-order valence-corrected chi connectivity index (χ0v) is 7.54. The Balaban J connectivity index is 1.88. The van der Waals surface area contributed by atoms with Gasteiger partial charge in [-0.05, 0) is 6.42 Å². The summed E-state index contributed by atoms with van der Waals surface area (Å²) < 4.78 is 9.86. The van der Waals surface area contributed by atoms with Crippen LogP contribution in [0.4, 0.5) is 0 Å². The number of carbonyl (C=O) groups excluding carboxylic acids is 1. The molecule has 1 saturated heterocycles. The average molecular weight is 172 g/mol. The van der Waals surface area contributed by atoms with Crippen molar-refractivity contribution in [1.82, 2.24) is 0 Å². The first-order valence-corrected chi connectivity index (χ1v) is 4.60. The van der Waals surface area contributed by atoms with Gasteiger partial charge in [0.05, 0.1) is 6.61 Å². The van der Waals surface area contributed by atoms with E-state index in [9.17, 15) is 4.79 Å². The largest absolute Gasteiger partial charge is 0.463 e. The van der Waals surface area contributed by atoms with Crippen LogP contribution in [-0.2, 0) is 14.3 Å². The van der Waals surface area contributed by atoms with Crippen molar-refractivity contribution in [2.24, 2.45) is 0 Å². The third-order valence-corrected chi connectivity index (χ3v) is 1.82. The van der Waals surface area contributed by atoms with Crippen molar-refractivity contribution in [2.45, 2.75) is 38.7 Å². The van der Waals surface area contributed by atoms with E-state index in [0.717, 1.165) is 25.9 Å². The molecule has 0 unspecified atom stereocenters. The Morgan fingerprint density at radius 3 is 2.92 bits per heavy atom. The van der Waals surface area contributed by atoms with Crippen molar-refractivity contribution in [1.29, 1.82) is 0 Å². The summed E-state index contributed by atoms with van der Waals surface area (Å²) in [4.78, 5) is 11.0. The van der Waals surface area contributed by atoms with E-state index in [-0.39, 0.29) is 12.1 Å². The van der Waals surface area contributed by atoms with Crippen LogP contribution in [0.1, 0.15) is 32.6 Å². The Bertz CT molecular complexity index is 141. The average Bonchev–Trinajstić information content (AvgIpc) is 2.84. The Morgan fingerprint density at radius 2 is 2.33 bits per heavy atom. The van der Waals surface area contributed by atoms with Gasteiger partial charge in [0.2, 0.25) is 0 Å². The topological polar surface area (TPSA) is 38.8 Å². The first kappa shape index (κ1) is 9.52. The minimum absolute atomic E-state index is 0.0843. The third kappa shape index (κ3) is 4.34. The summed E-state index contributed by atoms with van der Waals surface area (Å²) >= 11 is 0. The first-order valence-electron chi connectivity index (χ1n) is 4.60. The van der Waals surface area contributed by atoms with E-state index in [4.69, 9.17) is 9.47 Å². The lowest BCUT2D eigenvalue weighted by Gasteiger charge is -2.01. The quantitative estimate of drug-likeness (QED) is 0.346. The number of rotatable bonds is 6. The van der Waals surface area contributed by atoms with Crippen LogP contribution in [0.3, 0.4) is 0 Å². The van der Waals surface area contributed by atoms with Crippen LogP contribution in [0.15, 0.2) is 0 Å². The third-order valence-electron chi connectivity index (χ3n) is 1.82. The molecule has 1 heterocycles. The van der Waals surface area contributed by atoms with E-state index in [1.807, 2.05) is 0 Å². The van der Waals surface area contributed by atoms with E-state index in [1.165, 1.54) is 0 Å². The van der Waals surface area contributed by atoms with Gasteiger partial charge in [-0.1, -0.05) is 19.8 Å². The maximum Gasteiger partial charge on any atom is 0.305 e. The van der Waals surface area contributed by atoms with E-state index in [1.54, 1.807) is 0 Å². The van der Waals surface area contributed by atoms with E-state index >= 15 is 0 Å². The molecule has 0 radical (unpaired) electrons. The highest BCUT2D eigenvalue weighted by molar-refractivity contribution is 5.69. The predicted molar refractivity (Wildman–Crippen MR) is 44.8 cm³/mol. The number of unbranched alkanes of at least 4 members (excludes halogenated alkanes) is 2. The molecule has 0 aromatic heterocycles. The van der Waals surface area contributed by atoms with Gasteiger partial charge in [-0.15, -0.1) is 0 Å². The van der Waals surface area contributed by atoms with Crippen molar-refractivity contribution in [3.05, 3.63) is 0 Å². The molecular formula is C9H16O3. The van der Waals surface area contributed by atoms with Gasteiger partial charge in [-0.2, -0.15) is 0 Å². The standard InChI is InChI=1S/C9H16O3/c1-2-3-4-5-9(10)12-7-8-6-11-8/h8H,2-7H2,1H3/t8-/m1/s1. The Morgan fingerprint density at radius 1 is 1.58 bits per heavy atom. The number of epoxide rings is 1. The van der Waals surface area contributed by atoms with Gasteiger partial charge >= 0.3 is 5.97 Å². The Labute approximate surface area is 73.0 Å². The first-order chi connectivity index (χ1) is 5.83. The molecule has 0 aliphatic carbocycles. The second kappa shape index (κ2) is 5.14. The summed E-state index contributed by atoms with van der Waals surface area (Å²) in [6.07, 6.45) is 3.94. The van der Waals surface area contributed by atoms with Crippen LogP contribution in [0, 0.1) is 0 Å². The van der Waals surface area contributed by atoms with Crippen molar-refractivity contribution in [3.63, 3.8) is 0 Å². The van der Waals surface area contributed by atoms with Crippen LogP contribution < -0.4 is 0 Å². The van der Waals surface area contributed by atoms with Crippen LogP contribution >= 0.6 is 0 Å². The molecule has 1 rings (SSSR count). The zero-order valence-electron chi connectivity index (χ0n) is 7.54. The fraction of sp³-hybridized carbons (Fsp3) is 0.889. The minimum Gasteiger partial charge on any atom is -0.463 e. The van der Waals surface area contributed by atoms with Crippen LogP contribution in [0.25, 0.3) is 0 Å². The van der Waals surface area contributed by atoms with Gasteiger partial charge in [-0.3, -0.25) is 4.79 Å². The molecule has 0 aromatic carbocycles. The van der Waals surface area contributed by atoms with Crippen LogP contribution in [0.2, 0.25) is 0 Å². The molecule has 1 fully saturated rings. The van der Waals surface area contributed by atoms with Gasteiger partial charge in [-0.25, -0.2) is 0 Å². The van der Waals surface area contributed by atoms with Crippen molar-refractivity contribution < 1.29 is 14.3 Å². The second-order valence-corrected chi connectivity index (χ2v) is 3.10. The Hall–Kier alpha value is -0.570. The van der Waals surface area contributed by atoms with Crippen molar-refractivity contribution >= 4 is 5.97 Å². The van der Waals surface area contributed by atoms with Gasteiger partial charge < -0.3 is 9.47 Å². The van der Waals surface area contributed by atoms with Gasteiger partial charge in [0.15, 0.2) is 0 Å². The van der Waals surface area contributed by atoms with E-state index in [0.29, 0.717) is 13.0 Å². The summed E-state index contributed by atoms with van der Waals surface area (Å²) in [6.45, 7) is 3.32. The number of hydrogen-bond donors (Lipinski definition) is 0.